The number of carbonyl (C=O) groups excluding carboxylic acids is 3. The van der Waals surface area contributed by atoms with Crippen LogP contribution in [0.3, 0.4) is 0 Å². The third-order valence-electron chi connectivity index (χ3n) is 2.81. The van der Waals surface area contributed by atoms with Crippen molar-refractivity contribution < 1.29 is 23.9 Å². The molecule has 0 fully saturated rings. The van der Waals surface area contributed by atoms with E-state index in [9.17, 15) is 19.5 Å². The molecule has 7 nitrogen and oxygen atoms in total. The van der Waals surface area contributed by atoms with E-state index < -0.39 is 24.3 Å². The van der Waals surface area contributed by atoms with Gasteiger partial charge in [0.15, 0.2) is 5.76 Å². The summed E-state index contributed by atoms with van der Waals surface area (Å²) in [6.45, 7) is -0.673. The van der Waals surface area contributed by atoms with Gasteiger partial charge in [-0.2, -0.15) is 0 Å². The topological polar surface area (TPSA) is 111 Å². The summed E-state index contributed by atoms with van der Waals surface area (Å²) in [5.74, 6) is -2.82. The fraction of sp³-hybridized carbons (Fsp3) is 0.0625. The van der Waals surface area contributed by atoms with Crippen molar-refractivity contribution in [3.8, 4) is 0 Å². The van der Waals surface area contributed by atoms with Crippen LogP contribution in [0.2, 0.25) is 0 Å². The SMILES string of the molecule is O=C([O-])CNC(=O)/C(=C\c1ccc(Br)cc1)NC(=O)c1ccco1. The van der Waals surface area contributed by atoms with Gasteiger partial charge in [0.1, 0.15) is 5.70 Å². The second kappa shape index (κ2) is 8.11. The van der Waals surface area contributed by atoms with Gasteiger partial charge in [-0.15, -0.1) is 0 Å². The number of aliphatic carboxylic acids is 1. The summed E-state index contributed by atoms with van der Waals surface area (Å²) in [4.78, 5) is 34.6. The molecule has 2 amide bonds. The van der Waals surface area contributed by atoms with Crippen LogP contribution in [0.15, 0.2) is 57.2 Å². The van der Waals surface area contributed by atoms with Crippen molar-refractivity contribution in [2.75, 3.05) is 6.54 Å². The average Bonchev–Trinajstić information content (AvgIpc) is 3.08. The van der Waals surface area contributed by atoms with E-state index in [4.69, 9.17) is 4.42 Å². The van der Waals surface area contributed by atoms with Crippen molar-refractivity contribution >= 4 is 39.8 Å². The van der Waals surface area contributed by atoms with Crippen LogP contribution >= 0.6 is 15.9 Å². The standard InChI is InChI=1S/C16H13BrN2O5/c17-11-5-3-10(4-6-11)8-12(15(22)18-9-14(20)21)19-16(23)13-2-1-7-24-13/h1-8H,9H2,(H,18,22)(H,19,23)(H,20,21)/p-1/b12-8+. The monoisotopic (exact) mass is 391 g/mol. The summed E-state index contributed by atoms with van der Waals surface area (Å²) in [5, 5.41) is 15.0. The van der Waals surface area contributed by atoms with Gasteiger partial charge in [-0.3, -0.25) is 9.59 Å². The van der Waals surface area contributed by atoms with Crippen molar-refractivity contribution in [3.05, 3.63) is 64.2 Å². The number of rotatable bonds is 6. The van der Waals surface area contributed by atoms with E-state index in [2.05, 4.69) is 26.6 Å². The molecule has 0 radical (unpaired) electrons. The van der Waals surface area contributed by atoms with Gasteiger partial charge in [-0.1, -0.05) is 28.1 Å². The number of hydrogen-bond acceptors (Lipinski definition) is 5. The first-order valence-corrected chi connectivity index (χ1v) is 7.55. The fourth-order valence-corrected chi connectivity index (χ4v) is 1.99. The molecular weight excluding hydrogens is 380 g/mol. The van der Waals surface area contributed by atoms with Crippen LogP contribution in [-0.2, 0) is 9.59 Å². The van der Waals surface area contributed by atoms with Gasteiger partial charge >= 0.3 is 0 Å². The Bertz CT molecular complexity index is 766. The maximum absolute atomic E-state index is 12.1. The van der Waals surface area contributed by atoms with Gasteiger partial charge in [-0.05, 0) is 35.9 Å². The lowest BCUT2D eigenvalue weighted by molar-refractivity contribution is -0.303. The van der Waals surface area contributed by atoms with Crippen LogP contribution in [0.1, 0.15) is 16.1 Å². The van der Waals surface area contributed by atoms with E-state index in [0.717, 1.165) is 4.47 Å². The maximum atomic E-state index is 12.1. The van der Waals surface area contributed by atoms with Crippen molar-refractivity contribution in [1.82, 2.24) is 10.6 Å². The Labute approximate surface area is 145 Å². The van der Waals surface area contributed by atoms with E-state index in [-0.39, 0.29) is 11.5 Å². The van der Waals surface area contributed by atoms with Crippen LogP contribution in [-0.4, -0.2) is 24.3 Å². The minimum absolute atomic E-state index is 0.0180. The van der Waals surface area contributed by atoms with Gasteiger partial charge in [0.05, 0.1) is 18.8 Å². The van der Waals surface area contributed by atoms with Crippen molar-refractivity contribution in [1.29, 1.82) is 0 Å². The molecule has 1 aromatic carbocycles. The number of carboxylic acid groups (broad SMARTS) is 1. The molecule has 0 atom stereocenters. The average molecular weight is 392 g/mol. The zero-order valence-electron chi connectivity index (χ0n) is 12.2. The molecule has 1 aromatic heterocycles. The molecular formula is C16H12BrN2O5-. The quantitative estimate of drug-likeness (QED) is 0.703. The first-order chi connectivity index (χ1) is 11.5. The summed E-state index contributed by atoms with van der Waals surface area (Å²) in [6, 6.07) is 9.92. The number of amides is 2. The molecule has 2 N–H and O–H groups in total. The highest BCUT2D eigenvalue weighted by Crippen LogP contribution is 2.13. The number of benzene rings is 1. The Kier molecular flexibility index (Phi) is 5.91. The highest BCUT2D eigenvalue weighted by molar-refractivity contribution is 9.10. The third kappa shape index (κ3) is 5.10. The van der Waals surface area contributed by atoms with Crippen LogP contribution in [0, 0.1) is 0 Å². The third-order valence-corrected chi connectivity index (χ3v) is 3.34. The normalized spacial score (nSPS) is 11.0. The molecule has 0 saturated heterocycles. The Morgan fingerprint density at radius 2 is 1.88 bits per heavy atom. The molecule has 0 unspecified atom stereocenters. The first kappa shape index (κ1) is 17.5. The summed E-state index contributed by atoms with van der Waals surface area (Å²) < 4.78 is 5.81. The predicted molar refractivity (Wildman–Crippen MR) is 86.3 cm³/mol. The molecule has 0 bridgehead atoms. The minimum Gasteiger partial charge on any atom is -0.548 e. The van der Waals surface area contributed by atoms with E-state index in [1.807, 2.05) is 0 Å². The zero-order valence-corrected chi connectivity index (χ0v) is 13.8. The van der Waals surface area contributed by atoms with E-state index in [1.54, 1.807) is 24.3 Å². The Morgan fingerprint density at radius 3 is 2.46 bits per heavy atom. The van der Waals surface area contributed by atoms with Gasteiger partial charge in [0.2, 0.25) is 0 Å². The number of carbonyl (C=O) groups is 3. The van der Waals surface area contributed by atoms with Crippen molar-refractivity contribution in [2.45, 2.75) is 0 Å². The number of hydrogen-bond donors (Lipinski definition) is 2. The molecule has 8 heteroatoms. The Hall–Kier alpha value is -2.87. The molecule has 0 saturated carbocycles. The summed E-state index contributed by atoms with van der Waals surface area (Å²) >= 11 is 3.29. The molecule has 2 aromatic rings. The Morgan fingerprint density at radius 1 is 1.17 bits per heavy atom. The van der Waals surface area contributed by atoms with Gasteiger partial charge in [0, 0.05) is 4.47 Å². The molecule has 124 valence electrons. The first-order valence-electron chi connectivity index (χ1n) is 6.76. The van der Waals surface area contributed by atoms with E-state index >= 15 is 0 Å². The lowest BCUT2D eigenvalue weighted by atomic mass is 10.2. The van der Waals surface area contributed by atoms with Gasteiger partial charge < -0.3 is 25.0 Å². The highest BCUT2D eigenvalue weighted by Gasteiger charge is 2.16. The van der Waals surface area contributed by atoms with Crippen molar-refractivity contribution in [2.24, 2.45) is 0 Å². The van der Waals surface area contributed by atoms with E-state index in [0.29, 0.717) is 5.56 Å². The fourth-order valence-electron chi connectivity index (χ4n) is 1.72. The van der Waals surface area contributed by atoms with Crippen molar-refractivity contribution in [3.63, 3.8) is 0 Å². The predicted octanol–water partition coefficient (Wildman–Crippen LogP) is 0.679. The largest absolute Gasteiger partial charge is 0.548 e. The van der Waals surface area contributed by atoms with Gasteiger partial charge in [-0.25, -0.2) is 0 Å². The highest BCUT2D eigenvalue weighted by atomic mass is 79.9. The Balaban J connectivity index is 2.23. The molecule has 0 spiro atoms. The summed E-state index contributed by atoms with van der Waals surface area (Å²) in [6.07, 6.45) is 2.74. The summed E-state index contributed by atoms with van der Waals surface area (Å²) in [7, 11) is 0. The molecule has 0 aliphatic rings. The lowest BCUT2D eigenvalue weighted by Gasteiger charge is -2.10. The number of furan rings is 1. The molecule has 24 heavy (non-hydrogen) atoms. The lowest BCUT2D eigenvalue weighted by Crippen LogP contribution is -2.41. The number of halogens is 1. The molecule has 2 rings (SSSR count). The second-order valence-electron chi connectivity index (χ2n) is 4.60. The zero-order chi connectivity index (χ0) is 17.5. The molecule has 1 heterocycles. The number of carboxylic acids is 1. The second-order valence-corrected chi connectivity index (χ2v) is 5.51. The molecule has 0 aliphatic carbocycles. The van der Waals surface area contributed by atoms with Crippen LogP contribution in [0.25, 0.3) is 6.08 Å². The minimum atomic E-state index is -1.44. The van der Waals surface area contributed by atoms with Crippen LogP contribution in [0.5, 0.6) is 0 Å². The number of nitrogens with one attached hydrogen (secondary N) is 2. The smallest absolute Gasteiger partial charge is 0.291 e. The molecule has 0 aliphatic heterocycles. The maximum Gasteiger partial charge on any atom is 0.291 e. The van der Waals surface area contributed by atoms with Crippen LogP contribution < -0.4 is 15.7 Å². The van der Waals surface area contributed by atoms with Crippen LogP contribution in [0.4, 0.5) is 0 Å². The summed E-state index contributed by atoms with van der Waals surface area (Å²) in [5.41, 5.74) is 0.511. The van der Waals surface area contributed by atoms with E-state index in [1.165, 1.54) is 24.5 Å². The van der Waals surface area contributed by atoms with Gasteiger partial charge in [0.25, 0.3) is 11.8 Å².